The van der Waals surface area contributed by atoms with Crippen molar-refractivity contribution < 1.29 is 18.0 Å². The number of nitrogens with zero attached hydrogens (tertiary/aromatic N) is 1. The van der Waals surface area contributed by atoms with Gasteiger partial charge in [0.25, 0.3) is 0 Å². The van der Waals surface area contributed by atoms with Gasteiger partial charge in [-0.25, -0.2) is 0 Å². The van der Waals surface area contributed by atoms with Crippen molar-refractivity contribution in [1.82, 2.24) is 10.2 Å². The van der Waals surface area contributed by atoms with Gasteiger partial charge in [0.05, 0.1) is 5.56 Å². The van der Waals surface area contributed by atoms with Crippen LogP contribution >= 0.6 is 0 Å². The van der Waals surface area contributed by atoms with Crippen molar-refractivity contribution in [2.75, 3.05) is 5.32 Å². The second kappa shape index (κ2) is 8.29. The van der Waals surface area contributed by atoms with Crippen molar-refractivity contribution in [3.05, 3.63) is 71.4 Å². The number of carbonyl (C=O) groups excluding carboxylic acids is 1. The van der Waals surface area contributed by atoms with Crippen LogP contribution in [-0.4, -0.2) is 16.1 Å². The molecule has 0 saturated carbocycles. The van der Waals surface area contributed by atoms with Gasteiger partial charge in [-0.05, 0) is 30.9 Å². The first kappa shape index (κ1) is 19.7. The third kappa shape index (κ3) is 4.79. The van der Waals surface area contributed by atoms with Crippen LogP contribution in [0.5, 0.6) is 0 Å². The number of hydrogen-bond acceptors (Lipinski definition) is 2. The molecule has 4 nitrogen and oxygen atoms in total. The summed E-state index contributed by atoms with van der Waals surface area (Å²) in [5, 5.41) is 8.23. The van der Waals surface area contributed by atoms with E-state index in [1.54, 1.807) is 30.3 Å². The fourth-order valence-electron chi connectivity index (χ4n) is 2.93. The summed E-state index contributed by atoms with van der Waals surface area (Å²) in [6.45, 7) is 2.00. The third-order valence-electron chi connectivity index (χ3n) is 4.36. The van der Waals surface area contributed by atoms with Crippen LogP contribution in [0, 0.1) is 6.92 Å². The molecule has 0 radical (unpaired) electrons. The van der Waals surface area contributed by atoms with E-state index in [9.17, 15) is 18.0 Å². The summed E-state index contributed by atoms with van der Waals surface area (Å²) >= 11 is 0. The summed E-state index contributed by atoms with van der Waals surface area (Å²) in [4.78, 5) is 12.3. The number of alkyl halides is 3. The van der Waals surface area contributed by atoms with Crippen LogP contribution in [0.2, 0.25) is 0 Å². The van der Waals surface area contributed by atoms with Crippen molar-refractivity contribution in [2.45, 2.75) is 32.4 Å². The lowest BCUT2D eigenvalue weighted by Crippen LogP contribution is -2.13. The summed E-state index contributed by atoms with van der Waals surface area (Å²) in [7, 11) is 0. The van der Waals surface area contributed by atoms with Gasteiger partial charge in [-0.15, -0.1) is 0 Å². The number of aryl methyl sites for hydroxylation is 2. The Kier molecular flexibility index (Phi) is 5.82. The van der Waals surface area contributed by atoms with Crippen molar-refractivity contribution in [3.63, 3.8) is 0 Å². The number of rotatable bonds is 6. The maximum Gasteiger partial charge on any atom is 0.433 e. The van der Waals surface area contributed by atoms with E-state index in [4.69, 9.17) is 0 Å². The Bertz CT molecular complexity index is 932. The number of aromatic nitrogens is 2. The van der Waals surface area contributed by atoms with Gasteiger partial charge in [-0.2, -0.15) is 18.3 Å². The lowest BCUT2D eigenvalue weighted by Gasteiger charge is -2.10. The number of carbonyl (C=O) groups is 1. The molecule has 0 unspecified atom stereocenters. The molecular formula is C21H20F3N3O. The molecule has 0 atom stereocenters. The highest BCUT2D eigenvalue weighted by Crippen LogP contribution is 2.39. The van der Waals surface area contributed by atoms with Crippen molar-refractivity contribution in [2.24, 2.45) is 0 Å². The fraction of sp³-hybridized carbons (Fsp3) is 0.238. The molecule has 1 aromatic heterocycles. The lowest BCUT2D eigenvalue weighted by molar-refractivity contribution is -0.140. The zero-order chi connectivity index (χ0) is 20.1. The number of aromatic amines is 1. The van der Waals surface area contributed by atoms with Gasteiger partial charge in [0.2, 0.25) is 5.91 Å². The lowest BCUT2D eigenvalue weighted by atomic mass is 10.0. The Morgan fingerprint density at radius 3 is 2.39 bits per heavy atom. The van der Waals surface area contributed by atoms with Crippen LogP contribution in [-0.2, 0) is 17.4 Å². The van der Waals surface area contributed by atoms with E-state index in [1.165, 1.54) is 0 Å². The Morgan fingerprint density at radius 1 is 1.07 bits per heavy atom. The van der Waals surface area contributed by atoms with Crippen molar-refractivity contribution in [3.8, 4) is 11.1 Å². The molecule has 0 fully saturated rings. The van der Waals surface area contributed by atoms with Crippen LogP contribution in [0.3, 0.4) is 0 Å². The standard InChI is InChI=1S/C21H20F3N3O/c1-14-10-12-15(13-11-14)6-5-9-17(28)25-20-18(16-7-3-2-4-8-16)19(26-27-20)21(22,23)24/h2-4,7-8,10-13H,5-6,9H2,1H3,(H2,25,26,27,28). The Morgan fingerprint density at radius 2 is 1.75 bits per heavy atom. The van der Waals surface area contributed by atoms with Crippen molar-refractivity contribution in [1.29, 1.82) is 0 Å². The van der Waals surface area contributed by atoms with Crippen molar-refractivity contribution >= 4 is 11.7 Å². The van der Waals surface area contributed by atoms with E-state index < -0.39 is 11.9 Å². The molecule has 28 heavy (non-hydrogen) atoms. The maximum absolute atomic E-state index is 13.3. The molecule has 0 aliphatic heterocycles. The minimum atomic E-state index is -4.60. The number of H-pyrrole nitrogens is 1. The summed E-state index contributed by atoms with van der Waals surface area (Å²) in [6.07, 6.45) is -3.11. The minimum absolute atomic E-state index is 0.112. The van der Waals surface area contributed by atoms with Gasteiger partial charge in [-0.1, -0.05) is 60.2 Å². The summed E-state index contributed by atoms with van der Waals surface area (Å²) in [5.74, 6) is -0.483. The molecule has 1 amide bonds. The van der Waals surface area contributed by atoms with Gasteiger partial charge in [-0.3, -0.25) is 9.89 Å². The van der Waals surface area contributed by atoms with Gasteiger partial charge < -0.3 is 5.32 Å². The van der Waals surface area contributed by atoms with Gasteiger partial charge in [0.15, 0.2) is 5.82 Å². The molecule has 3 aromatic rings. The van der Waals surface area contributed by atoms with E-state index in [2.05, 4.69) is 10.4 Å². The largest absolute Gasteiger partial charge is 0.433 e. The first-order valence-corrected chi connectivity index (χ1v) is 8.91. The Balaban J connectivity index is 1.70. The highest BCUT2D eigenvalue weighted by molar-refractivity contribution is 5.94. The van der Waals surface area contributed by atoms with E-state index in [-0.39, 0.29) is 23.7 Å². The maximum atomic E-state index is 13.3. The molecule has 7 heteroatoms. The normalized spacial score (nSPS) is 11.4. The van der Waals surface area contributed by atoms with Gasteiger partial charge >= 0.3 is 6.18 Å². The molecule has 3 rings (SSSR count). The molecule has 146 valence electrons. The SMILES string of the molecule is Cc1ccc(CCCC(=O)Nc2n[nH]c(C(F)(F)F)c2-c2ccccc2)cc1. The summed E-state index contributed by atoms with van der Waals surface area (Å²) < 4.78 is 40.0. The highest BCUT2D eigenvalue weighted by Gasteiger charge is 2.38. The predicted octanol–water partition coefficient (Wildman–Crippen LogP) is 5.37. The smallest absolute Gasteiger partial charge is 0.309 e. The molecule has 0 saturated heterocycles. The second-order valence-corrected chi connectivity index (χ2v) is 6.57. The number of benzene rings is 2. The predicted molar refractivity (Wildman–Crippen MR) is 102 cm³/mol. The van der Waals surface area contributed by atoms with Crippen LogP contribution in [0.15, 0.2) is 54.6 Å². The van der Waals surface area contributed by atoms with E-state index >= 15 is 0 Å². The minimum Gasteiger partial charge on any atom is -0.309 e. The molecule has 0 bridgehead atoms. The molecule has 1 heterocycles. The number of hydrogen-bond donors (Lipinski definition) is 2. The second-order valence-electron chi connectivity index (χ2n) is 6.57. The average molecular weight is 387 g/mol. The third-order valence-corrected chi connectivity index (χ3v) is 4.36. The highest BCUT2D eigenvalue weighted by atomic mass is 19.4. The summed E-state index contributed by atoms with van der Waals surface area (Å²) in [5.41, 5.74) is 1.48. The molecule has 0 aliphatic carbocycles. The molecule has 2 aromatic carbocycles. The van der Waals surface area contributed by atoms with Crippen LogP contribution in [0.25, 0.3) is 11.1 Å². The number of amides is 1. The zero-order valence-corrected chi connectivity index (χ0v) is 15.3. The zero-order valence-electron chi connectivity index (χ0n) is 15.3. The monoisotopic (exact) mass is 387 g/mol. The summed E-state index contributed by atoms with van der Waals surface area (Å²) in [6, 6.07) is 16.1. The molecule has 2 N–H and O–H groups in total. The van der Waals surface area contributed by atoms with Gasteiger partial charge in [0, 0.05) is 6.42 Å². The number of halogens is 3. The molecule has 0 aliphatic rings. The van der Waals surface area contributed by atoms with Gasteiger partial charge in [0.1, 0.15) is 5.69 Å². The topological polar surface area (TPSA) is 57.8 Å². The average Bonchev–Trinajstić information content (AvgIpc) is 3.08. The Labute approximate surface area is 160 Å². The van der Waals surface area contributed by atoms with Crippen LogP contribution in [0.4, 0.5) is 19.0 Å². The number of nitrogens with one attached hydrogen (secondary N) is 2. The first-order valence-electron chi connectivity index (χ1n) is 8.91. The van der Waals surface area contributed by atoms with E-state index in [1.807, 2.05) is 36.3 Å². The van der Waals surface area contributed by atoms with Crippen LogP contribution < -0.4 is 5.32 Å². The van der Waals surface area contributed by atoms with E-state index in [0.29, 0.717) is 18.4 Å². The van der Waals surface area contributed by atoms with E-state index in [0.717, 1.165) is 11.1 Å². The quantitative estimate of drug-likeness (QED) is 0.598. The first-order chi connectivity index (χ1) is 13.3. The molecular weight excluding hydrogens is 367 g/mol. The Hall–Kier alpha value is -3.09. The molecule has 0 spiro atoms. The number of anilines is 1. The van der Waals surface area contributed by atoms with Crippen LogP contribution in [0.1, 0.15) is 29.7 Å². The fourth-order valence-corrected chi connectivity index (χ4v) is 2.93.